The van der Waals surface area contributed by atoms with Gasteiger partial charge in [-0.2, -0.15) is 5.10 Å². The maximum absolute atomic E-state index is 11.6. The lowest BCUT2D eigenvalue weighted by atomic mass is 9.94. The molecular weight excluding hydrogens is 280 g/mol. The molecule has 0 saturated carbocycles. The van der Waals surface area contributed by atoms with Crippen LogP contribution >= 0.6 is 0 Å². The van der Waals surface area contributed by atoms with Crippen LogP contribution in [0.5, 0.6) is 0 Å². The summed E-state index contributed by atoms with van der Waals surface area (Å²) in [5.41, 5.74) is 0.841. The fourth-order valence-electron chi connectivity index (χ4n) is 3.13. The van der Waals surface area contributed by atoms with E-state index >= 15 is 0 Å². The number of aryl methyl sites for hydroxylation is 2. The summed E-state index contributed by atoms with van der Waals surface area (Å²) in [7, 11) is 0. The van der Waals surface area contributed by atoms with Gasteiger partial charge in [0.05, 0.1) is 12.2 Å². The molecule has 0 aromatic carbocycles. The number of nitrogens with zero attached hydrogens (tertiary/aromatic N) is 5. The smallest absolute Gasteiger partial charge is 0.251 e. The van der Waals surface area contributed by atoms with E-state index in [1.54, 1.807) is 12.4 Å². The Morgan fingerprint density at radius 2 is 2.32 bits per heavy atom. The fraction of sp³-hybridized carbons (Fsp3) is 0.600. The largest absolute Gasteiger partial charge is 0.311 e. The molecular formula is C15H22N6O. The van der Waals surface area contributed by atoms with Gasteiger partial charge >= 0.3 is 0 Å². The van der Waals surface area contributed by atoms with Crippen LogP contribution in [0.2, 0.25) is 0 Å². The lowest BCUT2D eigenvalue weighted by Crippen LogP contribution is -2.35. The van der Waals surface area contributed by atoms with E-state index in [2.05, 4.69) is 31.9 Å². The van der Waals surface area contributed by atoms with Gasteiger partial charge in [-0.15, -0.1) is 0 Å². The third-order valence-electron chi connectivity index (χ3n) is 4.16. The van der Waals surface area contributed by atoms with E-state index in [9.17, 15) is 4.79 Å². The molecule has 1 saturated heterocycles. The summed E-state index contributed by atoms with van der Waals surface area (Å²) in [6.45, 7) is 7.49. The van der Waals surface area contributed by atoms with E-state index in [4.69, 9.17) is 0 Å². The van der Waals surface area contributed by atoms with E-state index in [1.807, 2.05) is 11.6 Å². The summed E-state index contributed by atoms with van der Waals surface area (Å²) < 4.78 is 1.93. The van der Waals surface area contributed by atoms with Crippen molar-refractivity contribution >= 4 is 0 Å². The second-order valence-corrected chi connectivity index (χ2v) is 5.82. The third kappa shape index (κ3) is 3.24. The molecule has 0 bridgehead atoms. The van der Waals surface area contributed by atoms with Crippen LogP contribution in [-0.4, -0.2) is 42.7 Å². The molecule has 1 N–H and O–H groups in total. The number of aromatic amines is 1. The summed E-state index contributed by atoms with van der Waals surface area (Å²) in [6, 6.07) is 1.63. The molecule has 1 fully saturated rings. The summed E-state index contributed by atoms with van der Waals surface area (Å²) in [5, 5.41) is 4.22. The van der Waals surface area contributed by atoms with Gasteiger partial charge in [0.1, 0.15) is 18.0 Å². The number of rotatable bonds is 4. The highest BCUT2D eigenvalue weighted by atomic mass is 16.1. The van der Waals surface area contributed by atoms with Crippen LogP contribution in [0.25, 0.3) is 0 Å². The van der Waals surface area contributed by atoms with Crippen LogP contribution in [0.4, 0.5) is 0 Å². The van der Waals surface area contributed by atoms with E-state index < -0.39 is 0 Å². The van der Waals surface area contributed by atoms with Gasteiger partial charge in [0.15, 0.2) is 0 Å². The molecule has 118 valence electrons. The van der Waals surface area contributed by atoms with Crippen molar-refractivity contribution in [3.63, 3.8) is 0 Å². The number of hydrogen-bond donors (Lipinski definition) is 1. The molecule has 2 aromatic rings. The highest BCUT2D eigenvalue weighted by molar-refractivity contribution is 5.10. The topological polar surface area (TPSA) is 79.7 Å². The van der Waals surface area contributed by atoms with Crippen LogP contribution in [-0.2, 0) is 13.1 Å². The van der Waals surface area contributed by atoms with Crippen molar-refractivity contribution in [3.05, 3.63) is 40.1 Å². The SMILES string of the molecule is CCn1ncnc1CN1CCC[C@H](c2cc(=O)[nH]c(C)n2)C1. The number of nitrogens with one attached hydrogen (secondary N) is 1. The Bertz CT molecular complexity index is 691. The first-order valence-electron chi connectivity index (χ1n) is 7.82. The van der Waals surface area contributed by atoms with Crippen molar-refractivity contribution in [2.45, 2.75) is 45.7 Å². The first-order valence-corrected chi connectivity index (χ1v) is 7.82. The van der Waals surface area contributed by atoms with Gasteiger partial charge in [-0.1, -0.05) is 0 Å². The van der Waals surface area contributed by atoms with Gasteiger partial charge in [-0.05, 0) is 33.2 Å². The molecule has 7 nitrogen and oxygen atoms in total. The van der Waals surface area contributed by atoms with Gasteiger partial charge in [-0.3, -0.25) is 9.69 Å². The maximum Gasteiger partial charge on any atom is 0.251 e. The quantitative estimate of drug-likeness (QED) is 0.914. The Labute approximate surface area is 129 Å². The molecule has 0 aliphatic carbocycles. The predicted molar refractivity (Wildman–Crippen MR) is 82.5 cm³/mol. The number of hydrogen-bond acceptors (Lipinski definition) is 5. The van der Waals surface area contributed by atoms with Crippen molar-refractivity contribution in [1.29, 1.82) is 0 Å². The van der Waals surface area contributed by atoms with E-state index in [0.29, 0.717) is 11.7 Å². The summed E-state index contributed by atoms with van der Waals surface area (Å²) in [4.78, 5) is 25.6. The minimum Gasteiger partial charge on any atom is -0.311 e. The molecule has 1 aliphatic heterocycles. The normalized spacial score (nSPS) is 19.5. The maximum atomic E-state index is 11.6. The molecule has 1 aliphatic rings. The number of likely N-dealkylation sites (tertiary alicyclic amines) is 1. The van der Waals surface area contributed by atoms with Crippen molar-refractivity contribution < 1.29 is 0 Å². The molecule has 1 atom stereocenters. The summed E-state index contributed by atoms with van der Waals surface area (Å²) in [6.07, 6.45) is 3.80. The lowest BCUT2D eigenvalue weighted by molar-refractivity contribution is 0.191. The average molecular weight is 302 g/mol. The second-order valence-electron chi connectivity index (χ2n) is 5.82. The van der Waals surface area contributed by atoms with Gasteiger partial charge in [0, 0.05) is 25.1 Å². The van der Waals surface area contributed by atoms with Gasteiger partial charge in [0.25, 0.3) is 5.56 Å². The molecule has 0 spiro atoms. The third-order valence-corrected chi connectivity index (χ3v) is 4.16. The van der Waals surface area contributed by atoms with Crippen LogP contribution in [0, 0.1) is 6.92 Å². The Morgan fingerprint density at radius 1 is 1.45 bits per heavy atom. The molecule has 22 heavy (non-hydrogen) atoms. The molecule has 3 heterocycles. The Hall–Kier alpha value is -2.02. The molecule has 7 heteroatoms. The van der Waals surface area contributed by atoms with Gasteiger partial charge in [-0.25, -0.2) is 14.6 Å². The lowest BCUT2D eigenvalue weighted by Gasteiger charge is -2.32. The van der Waals surface area contributed by atoms with E-state index in [0.717, 1.165) is 50.5 Å². The standard InChI is InChI=1S/C15H22N6O/c1-3-21-14(16-10-17-21)9-20-6-4-5-12(8-20)13-7-15(22)19-11(2)18-13/h7,10,12H,3-6,8-9H2,1-2H3,(H,18,19,22)/t12-/m0/s1. The highest BCUT2D eigenvalue weighted by Crippen LogP contribution is 2.25. The van der Waals surface area contributed by atoms with Gasteiger partial charge in [0.2, 0.25) is 0 Å². The van der Waals surface area contributed by atoms with Crippen LogP contribution in [0.15, 0.2) is 17.2 Å². The van der Waals surface area contributed by atoms with Crippen LogP contribution in [0.1, 0.15) is 43.0 Å². The predicted octanol–water partition coefficient (Wildman–Crippen LogP) is 1.07. The van der Waals surface area contributed by atoms with Crippen LogP contribution < -0.4 is 5.56 Å². The number of H-pyrrole nitrogens is 1. The zero-order valence-corrected chi connectivity index (χ0v) is 13.1. The average Bonchev–Trinajstić information content (AvgIpc) is 2.94. The zero-order chi connectivity index (χ0) is 15.5. The number of aromatic nitrogens is 5. The Kier molecular flexibility index (Phi) is 4.33. The Balaban J connectivity index is 1.72. The monoisotopic (exact) mass is 302 g/mol. The van der Waals surface area contributed by atoms with E-state index in [1.165, 1.54) is 0 Å². The summed E-state index contributed by atoms with van der Waals surface area (Å²) in [5.74, 6) is 2.00. The zero-order valence-electron chi connectivity index (χ0n) is 13.1. The van der Waals surface area contributed by atoms with Crippen molar-refractivity contribution in [1.82, 2.24) is 29.6 Å². The van der Waals surface area contributed by atoms with Crippen LogP contribution in [0.3, 0.4) is 0 Å². The molecule has 3 rings (SSSR count). The minimum absolute atomic E-state index is 0.0645. The molecule has 0 radical (unpaired) electrons. The first kappa shape index (κ1) is 14.9. The first-order chi connectivity index (χ1) is 10.7. The van der Waals surface area contributed by atoms with Gasteiger partial charge < -0.3 is 4.98 Å². The van der Waals surface area contributed by atoms with Crippen molar-refractivity contribution in [2.24, 2.45) is 0 Å². The minimum atomic E-state index is -0.0645. The van der Waals surface area contributed by atoms with Crippen molar-refractivity contribution in [3.8, 4) is 0 Å². The fourth-order valence-corrected chi connectivity index (χ4v) is 3.13. The molecule has 0 unspecified atom stereocenters. The summed E-state index contributed by atoms with van der Waals surface area (Å²) >= 11 is 0. The van der Waals surface area contributed by atoms with E-state index in [-0.39, 0.29) is 5.56 Å². The molecule has 0 amide bonds. The molecule has 2 aromatic heterocycles. The highest BCUT2D eigenvalue weighted by Gasteiger charge is 2.24. The second kappa shape index (κ2) is 6.39. The Morgan fingerprint density at radius 3 is 3.09 bits per heavy atom. The number of piperidine rings is 1. The van der Waals surface area contributed by atoms with Crippen molar-refractivity contribution in [2.75, 3.05) is 13.1 Å².